The first-order valence-electron chi connectivity index (χ1n) is 16.6. The second-order valence-corrected chi connectivity index (χ2v) is 12.9. The summed E-state index contributed by atoms with van der Waals surface area (Å²) in [5, 5.41) is 18.4. The summed E-state index contributed by atoms with van der Waals surface area (Å²) < 4.78 is 11.0. The topological polar surface area (TPSA) is 142 Å². The highest BCUT2D eigenvalue weighted by Gasteiger charge is 2.30. The molecular weight excluding hydrogens is 618 g/mol. The predicted molar refractivity (Wildman–Crippen MR) is 189 cm³/mol. The van der Waals surface area contributed by atoms with Gasteiger partial charge in [0.25, 0.3) is 0 Å². The number of carbonyl (C=O) groups excluding carboxylic acids is 2. The molecular formula is C38H43N7O4. The zero-order chi connectivity index (χ0) is 34.6. The molecule has 2 aromatic heterocycles. The monoisotopic (exact) mass is 661 g/mol. The van der Waals surface area contributed by atoms with Crippen LogP contribution in [0, 0.1) is 11.3 Å². The average Bonchev–Trinajstić information content (AvgIpc) is 3.10. The van der Waals surface area contributed by atoms with E-state index in [-0.39, 0.29) is 31.3 Å². The molecule has 11 nitrogen and oxygen atoms in total. The second kappa shape index (κ2) is 16.5. The molecule has 1 aliphatic rings. The van der Waals surface area contributed by atoms with Crippen molar-refractivity contribution in [1.82, 2.24) is 20.6 Å². The number of hydrogen-bond donors (Lipinski definition) is 3. The van der Waals surface area contributed by atoms with Crippen LogP contribution < -0.4 is 25.6 Å². The van der Waals surface area contributed by atoms with E-state index >= 15 is 0 Å². The fourth-order valence-electron chi connectivity index (χ4n) is 5.69. The number of anilines is 2. The molecule has 0 spiro atoms. The molecule has 0 radical (unpaired) electrons. The molecule has 0 unspecified atom stereocenters. The number of nitriles is 1. The maximum atomic E-state index is 13.8. The second-order valence-electron chi connectivity index (χ2n) is 12.9. The van der Waals surface area contributed by atoms with Crippen LogP contribution in [-0.4, -0.2) is 52.9 Å². The van der Waals surface area contributed by atoms with Crippen molar-refractivity contribution in [3.05, 3.63) is 102 Å². The van der Waals surface area contributed by atoms with Gasteiger partial charge in [0.1, 0.15) is 24.1 Å². The molecule has 0 saturated heterocycles. The quantitative estimate of drug-likeness (QED) is 0.145. The molecule has 3 amide bonds. The molecule has 2 aromatic carbocycles. The van der Waals surface area contributed by atoms with Gasteiger partial charge in [-0.25, -0.2) is 19.6 Å². The lowest BCUT2D eigenvalue weighted by molar-refractivity contribution is 0.0519. The average molecular weight is 662 g/mol. The van der Waals surface area contributed by atoms with Gasteiger partial charge in [-0.3, -0.25) is 4.90 Å². The maximum absolute atomic E-state index is 13.8. The highest BCUT2D eigenvalue weighted by Crippen LogP contribution is 2.31. The van der Waals surface area contributed by atoms with Gasteiger partial charge in [0.15, 0.2) is 0 Å². The van der Waals surface area contributed by atoms with Crippen molar-refractivity contribution in [1.29, 1.82) is 5.26 Å². The third kappa shape index (κ3) is 10.4. The Balaban J connectivity index is 1.23. The summed E-state index contributed by atoms with van der Waals surface area (Å²) in [6.45, 7) is 6.39. The lowest BCUT2D eigenvalue weighted by Gasteiger charge is -2.37. The van der Waals surface area contributed by atoms with E-state index in [0.29, 0.717) is 18.0 Å². The Morgan fingerprint density at radius 1 is 0.918 bits per heavy atom. The van der Waals surface area contributed by atoms with Crippen LogP contribution in [0.25, 0.3) is 11.1 Å². The molecule has 3 N–H and O–H groups in total. The molecule has 1 saturated carbocycles. The number of alkyl carbamates (subject to hydrolysis) is 1. The summed E-state index contributed by atoms with van der Waals surface area (Å²) in [6.07, 6.45) is 6.15. The Labute approximate surface area is 287 Å². The first-order valence-corrected chi connectivity index (χ1v) is 16.6. The summed E-state index contributed by atoms with van der Waals surface area (Å²) in [6, 6.07) is 27.4. The summed E-state index contributed by atoms with van der Waals surface area (Å²) in [5.74, 6) is 1.19. The van der Waals surface area contributed by atoms with E-state index in [1.165, 1.54) is 0 Å². The Morgan fingerprint density at radius 3 is 2.35 bits per heavy atom. The molecule has 1 aliphatic carbocycles. The lowest BCUT2D eigenvalue weighted by Crippen LogP contribution is -2.48. The van der Waals surface area contributed by atoms with Crippen molar-refractivity contribution in [2.45, 2.75) is 70.7 Å². The minimum absolute atomic E-state index is 0.0174. The van der Waals surface area contributed by atoms with Gasteiger partial charge in [-0.2, -0.15) is 5.26 Å². The number of nitrogens with one attached hydrogen (secondary N) is 3. The van der Waals surface area contributed by atoms with Crippen molar-refractivity contribution in [2.75, 3.05) is 23.4 Å². The molecule has 0 bridgehead atoms. The molecule has 0 atom stereocenters. The summed E-state index contributed by atoms with van der Waals surface area (Å²) >= 11 is 0. The Bertz CT molecular complexity index is 1710. The number of carbonyl (C=O) groups is 2. The summed E-state index contributed by atoms with van der Waals surface area (Å²) in [7, 11) is 0. The predicted octanol–water partition coefficient (Wildman–Crippen LogP) is 7.06. The van der Waals surface area contributed by atoms with Crippen molar-refractivity contribution >= 4 is 23.6 Å². The molecule has 254 valence electrons. The van der Waals surface area contributed by atoms with Gasteiger partial charge in [-0.15, -0.1) is 0 Å². The molecule has 0 aliphatic heterocycles. The number of nitrogens with zero attached hydrogens (tertiary/aromatic N) is 4. The number of aromatic nitrogens is 2. The zero-order valence-corrected chi connectivity index (χ0v) is 28.2. The maximum Gasteiger partial charge on any atom is 0.407 e. The van der Waals surface area contributed by atoms with Crippen LogP contribution in [-0.2, 0) is 11.3 Å². The van der Waals surface area contributed by atoms with Gasteiger partial charge >= 0.3 is 12.1 Å². The molecule has 5 rings (SSSR count). The molecule has 1 fully saturated rings. The highest BCUT2D eigenvalue weighted by atomic mass is 16.6. The molecule has 2 heterocycles. The standard InChI is InChI=1S/C38H43N7O4/c1-38(2,3)49-37(47)41-21-22-48-35-23-30(19-20-40-35)29-10-14-32(15-11-29)45(36(46)43-25-27-7-5-4-6-8-27)33-16-12-31(13-17-33)44-34-18-9-28(24-39)26-42-34/h4-11,14-15,18-20,23,26,31,33H,12-13,16-17,21-22,25H2,1-3H3,(H,41,47)(H,42,44)(H,43,46). The van der Waals surface area contributed by atoms with Crippen LogP contribution in [0.4, 0.5) is 21.1 Å². The third-order valence-corrected chi connectivity index (χ3v) is 8.05. The fourth-order valence-corrected chi connectivity index (χ4v) is 5.69. The van der Waals surface area contributed by atoms with Crippen LogP contribution in [0.1, 0.15) is 57.6 Å². The Morgan fingerprint density at radius 2 is 1.67 bits per heavy atom. The third-order valence-electron chi connectivity index (χ3n) is 8.05. The van der Waals surface area contributed by atoms with Gasteiger partial charge < -0.3 is 25.4 Å². The minimum atomic E-state index is -0.567. The van der Waals surface area contributed by atoms with Gasteiger partial charge in [0.05, 0.1) is 12.1 Å². The van der Waals surface area contributed by atoms with Crippen LogP contribution in [0.15, 0.2) is 91.3 Å². The number of ether oxygens (including phenoxy) is 2. The van der Waals surface area contributed by atoms with Crippen LogP contribution >= 0.6 is 0 Å². The van der Waals surface area contributed by atoms with Crippen LogP contribution in [0.2, 0.25) is 0 Å². The Kier molecular flexibility index (Phi) is 11.7. The molecule has 49 heavy (non-hydrogen) atoms. The Hall–Kier alpha value is -5.63. The van der Waals surface area contributed by atoms with Crippen molar-refractivity contribution in [3.8, 4) is 23.1 Å². The number of rotatable bonds is 11. The van der Waals surface area contributed by atoms with Crippen LogP contribution in [0.5, 0.6) is 5.88 Å². The van der Waals surface area contributed by atoms with E-state index in [2.05, 4.69) is 32.0 Å². The summed E-state index contributed by atoms with van der Waals surface area (Å²) in [5.41, 5.74) is 3.68. The lowest BCUT2D eigenvalue weighted by atomic mass is 9.89. The van der Waals surface area contributed by atoms with E-state index < -0.39 is 11.7 Å². The smallest absolute Gasteiger partial charge is 0.407 e. The van der Waals surface area contributed by atoms with Gasteiger partial charge in [0, 0.05) is 42.8 Å². The molecule has 4 aromatic rings. The van der Waals surface area contributed by atoms with E-state index in [4.69, 9.17) is 14.7 Å². The largest absolute Gasteiger partial charge is 0.476 e. The van der Waals surface area contributed by atoms with Gasteiger partial charge in [0.2, 0.25) is 5.88 Å². The normalized spacial score (nSPS) is 15.7. The zero-order valence-electron chi connectivity index (χ0n) is 28.2. The number of amides is 3. The van der Waals surface area contributed by atoms with Crippen molar-refractivity contribution in [2.24, 2.45) is 0 Å². The van der Waals surface area contributed by atoms with Gasteiger partial charge in [-0.05, 0) is 93.5 Å². The van der Waals surface area contributed by atoms with Crippen LogP contribution in [0.3, 0.4) is 0 Å². The van der Waals surface area contributed by atoms with E-state index in [1.54, 1.807) is 18.5 Å². The van der Waals surface area contributed by atoms with Crippen molar-refractivity contribution < 1.29 is 19.1 Å². The van der Waals surface area contributed by atoms with Gasteiger partial charge in [-0.1, -0.05) is 42.5 Å². The minimum Gasteiger partial charge on any atom is -0.476 e. The number of hydrogen-bond acceptors (Lipinski definition) is 8. The number of pyridine rings is 2. The highest BCUT2D eigenvalue weighted by molar-refractivity contribution is 5.93. The van der Waals surface area contributed by atoms with Crippen molar-refractivity contribution in [3.63, 3.8) is 0 Å². The van der Waals surface area contributed by atoms with E-state index in [9.17, 15) is 9.59 Å². The fraction of sp³-hybridized carbons (Fsp3) is 0.342. The van der Waals surface area contributed by atoms with E-state index in [0.717, 1.165) is 53.9 Å². The van der Waals surface area contributed by atoms with E-state index in [1.807, 2.05) is 98.5 Å². The number of benzene rings is 2. The first kappa shape index (κ1) is 34.7. The number of urea groups is 1. The summed E-state index contributed by atoms with van der Waals surface area (Å²) in [4.78, 5) is 36.2. The SMILES string of the molecule is CC(C)(C)OC(=O)NCCOc1cc(-c2ccc(N(C(=O)NCc3ccccc3)C3CCC(Nc4ccc(C#N)cn4)CC3)cc2)ccn1. The molecule has 11 heteroatoms. The first-order chi connectivity index (χ1) is 23.7.